The van der Waals surface area contributed by atoms with Crippen LogP contribution in [-0.2, 0) is 6.18 Å². The lowest BCUT2D eigenvalue weighted by Crippen LogP contribution is -2.28. The molecule has 13 heteroatoms. The van der Waals surface area contributed by atoms with Gasteiger partial charge in [-0.15, -0.1) is 11.3 Å². The van der Waals surface area contributed by atoms with Crippen LogP contribution < -0.4 is 15.6 Å². The zero-order valence-electron chi connectivity index (χ0n) is 19.3. The molecular formula is C25H15F4N5O3S. The van der Waals surface area contributed by atoms with E-state index in [-0.39, 0.29) is 28.6 Å². The summed E-state index contributed by atoms with van der Waals surface area (Å²) >= 11 is 1.37. The Labute approximate surface area is 215 Å². The van der Waals surface area contributed by atoms with Gasteiger partial charge in [-0.05, 0) is 48.2 Å². The van der Waals surface area contributed by atoms with E-state index in [4.69, 9.17) is 4.74 Å². The summed E-state index contributed by atoms with van der Waals surface area (Å²) in [5, 5.41) is 8.74. The third kappa shape index (κ3) is 4.83. The van der Waals surface area contributed by atoms with E-state index in [9.17, 15) is 27.2 Å². The van der Waals surface area contributed by atoms with E-state index in [1.165, 1.54) is 48.9 Å². The van der Waals surface area contributed by atoms with Gasteiger partial charge < -0.3 is 10.1 Å². The molecular weight excluding hydrogens is 526 g/mol. The Morgan fingerprint density at radius 1 is 1.08 bits per heavy atom. The van der Waals surface area contributed by atoms with Gasteiger partial charge >= 0.3 is 6.18 Å². The van der Waals surface area contributed by atoms with Crippen LogP contribution in [0, 0.1) is 12.7 Å². The van der Waals surface area contributed by atoms with Gasteiger partial charge in [-0.3, -0.25) is 9.59 Å². The molecule has 8 nitrogen and oxygen atoms in total. The van der Waals surface area contributed by atoms with Crippen LogP contribution in [0.25, 0.3) is 15.9 Å². The number of para-hydroxylation sites is 1. The zero-order chi connectivity index (χ0) is 27.0. The highest BCUT2D eigenvalue weighted by molar-refractivity contribution is 7.16. The molecule has 1 amide bonds. The quantitative estimate of drug-likeness (QED) is 0.285. The number of aryl methyl sites for hydroxylation is 1. The average molecular weight is 541 g/mol. The molecule has 0 saturated heterocycles. The van der Waals surface area contributed by atoms with E-state index in [1.54, 1.807) is 11.4 Å². The number of amides is 1. The van der Waals surface area contributed by atoms with Crippen LogP contribution in [0.1, 0.15) is 21.6 Å². The number of aromatic nitrogens is 4. The number of alkyl halides is 3. The van der Waals surface area contributed by atoms with Crippen molar-refractivity contribution < 1.29 is 27.1 Å². The summed E-state index contributed by atoms with van der Waals surface area (Å²) in [6.45, 7) is 1.41. The summed E-state index contributed by atoms with van der Waals surface area (Å²) in [7, 11) is 0. The number of nitrogens with zero attached hydrogens (tertiary/aromatic N) is 4. The summed E-state index contributed by atoms with van der Waals surface area (Å²) < 4.78 is 61.4. The topological polar surface area (TPSA) is 99.0 Å². The molecule has 3 aromatic heterocycles. The van der Waals surface area contributed by atoms with Crippen molar-refractivity contribution in [2.45, 2.75) is 13.1 Å². The van der Waals surface area contributed by atoms with Crippen LogP contribution in [0.4, 0.5) is 23.2 Å². The second-order valence-corrected chi connectivity index (χ2v) is 8.86. The molecule has 1 N–H and O–H groups in total. The maximum Gasteiger partial charge on any atom is 0.418 e. The Balaban J connectivity index is 1.42. The van der Waals surface area contributed by atoms with Gasteiger partial charge in [0.2, 0.25) is 5.88 Å². The van der Waals surface area contributed by atoms with Crippen molar-refractivity contribution in [3.05, 3.63) is 99.3 Å². The van der Waals surface area contributed by atoms with Gasteiger partial charge in [-0.2, -0.15) is 23.0 Å². The number of carbonyl (C=O) groups excluding carboxylic acids is 1. The largest absolute Gasteiger partial charge is 0.435 e. The summed E-state index contributed by atoms with van der Waals surface area (Å²) in [5.41, 5.74) is -2.65. The van der Waals surface area contributed by atoms with Gasteiger partial charge in [0.1, 0.15) is 11.2 Å². The second kappa shape index (κ2) is 9.67. The van der Waals surface area contributed by atoms with Crippen molar-refractivity contribution in [1.82, 2.24) is 19.7 Å². The maximum atomic E-state index is 14.8. The molecule has 0 fully saturated rings. The van der Waals surface area contributed by atoms with Crippen molar-refractivity contribution in [3.8, 4) is 17.3 Å². The van der Waals surface area contributed by atoms with Crippen LogP contribution in [0.2, 0.25) is 0 Å². The van der Waals surface area contributed by atoms with Crippen molar-refractivity contribution in [2.75, 3.05) is 5.32 Å². The predicted octanol–water partition coefficient (Wildman–Crippen LogP) is 5.75. The van der Waals surface area contributed by atoms with Crippen molar-refractivity contribution in [3.63, 3.8) is 0 Å². The first-order chi connectivity index (χ1) is 18.1. The third-order valence-corrected chi connectivity index (χ3v) is 6.22. The monoisotopic (exact) mass is 541 g/mol. The fourth-order valence-corrected chi connectivity index (χ4v) is 4.37. The molecule has 0 unspecified atom stereocenters. The first kappa shape index (κ1) is 25.0. The van der Waals surface area contributed by atoms with Crippen molar-refractivity contribution in [2.24, 2.45) is 0 Å². The van der Waals surface area contributed by atoms with Crippen LogP contribution >= 0.6 is 11.3 Å². The summed E-state index contributed by atoms with van der Waals surface area (Å²) in [6, 6.07) is 10.8. The number of benzene rings is 2. The number of carbonyl (C=O) groups is 1. The molecule has 192 valence electrons. The molecule has 5 aromatic rings. The Hall–Kier alpha value is -4.65. The zero-order valence-corrected chi connectivity index (χ0v) is 20.1. The van der Waals surface area contributed by atoms with Crippen LogP contribution in [0.5, 0.6) is 11.6 Å². The number of fused-ring (bicyclic) bond motifs is 1. The van der Waals surface area contributed by atoms with E-state index in [0.717, 1.165) is 24.3 Å². The van der Waals surface area contributed by atoms with E-state index in [0.29, 0.717) is 14.9 Å². The van der Waals surface area contributed by atoms with Gasteiger partial charge in [0.25, 0.3) is 11.5 Å². The molecule has 0 aliphatic carbocycles. The molecule has 3 heterocycles. The smallest absolute Gasteiger partial charge is 0.418 e. The fraction of sp³-hybridized carbons (Fsp3) is 0.0800. The first-order valence-corrected chi connectivity index (χ1v) is 11.7. The summed E-state index contributed by atoms with van der Waals surface area (Å²) in [6.07, 6.45) is -3.46. The summed E-state index contributed by atoms with van der Waals surface area (Å²) in [4.78, 5) is 34.2. The van der Waals surface area contributed by atoms with Crippen molar-refractivity contribution >= 4 is 33.1 Å². The predicted molar refractivity (Wildman–Crippen MR) is 131 cm³/mol. The minimum absolute atomic E-state index is 0.0258. The molecule has 0 bridgehead atoms. The van der Waals surface area contributed by atoms with Gasteiger partial charge in [0.15, 0.2) is 17.3 Å². The number of halogens is 4. The molecule has 0 spiro atoms. The number of ether oxygens (including phenoxy) is 1. The molecule has 0 aliphatic rings. The van der Waals surface area contributed by atoms with Gasteiger partial charge in [0.05, 0.1) is 16.6 Å². The maximum absolute atomic E-state index is 14.8. The number of rotatable bonds is 5. The van der Waals surface area contributed by atoms with Crippen LogP contribution in [-0.4, -0.2) is 25.7 Å². The molecule has 0 radical (unpaired) electrons. The van der Waals surface area contributed by atoms with Gasteiger partial charge in [-0.1, -0.05) is 12.1 Å². The average Bonchev–Trinajstić information content (AvgIpc) is 3.35. The molecule has 0 saturated carbocycles. The Kier molecular flexibility index (Phi) is 6.36. The Morgan fingerprint density at radius 3 is 2.63 bits per heavy atom. The Bertz CT molecular complexity index is 1750. The number of thiophene rings is 1. The normalized spacial score (nSPS) is 11.5. The molecule has 5 rings (SSSR count). The number of hydrogen-bond acceptors (Lipinski definition) is 7. The molecule has 2 aromatic carbocycles. The van der Waals surface area contributed by atoms with E-state index >= 15 is 0 Å². The first-order valence-electron chi connectivity index (χ1n) is 10.9. The highest BCUT2D eigenvalue weighted by atomic mass is 32.1. The standard InChI is InChI=1S/C25H15F4N5O3S/c1-13-10-20(35)34(18-5-3-2-4-16(18)25(27,28)29)33-21(13)22(36)32-14-6-7-19(17(26)11-14)37-23-15-8-9-38-24(15)31-12-30-23/h2-12H,1H3,(H,32,36). The fourth-order valence-electron chi connectivity index (χ4n) is 3.64. The van der Waals surface area contributed by atoms with E-state index in [1.807, 2.05) is 0 Å². The highest BCUT2D eigenvalue weighted by Gasteiger charge is 2.34. The highest BCUT2D eigenvalue weighted by Crippen LogP contribution is 2.33. The van der Waals surface area contributed by atoms with E-state index < -0.39 is 34.7 Å². The van der Waals surface area contributed by atoms with Crippen LogP contribution in [0.3, 0.4) is 0 Å². The third-order valence-electron chi connectivity index (χ3n) is 5.40. The molecule has 0 aliphatic heterocycles. The lowest BCUT2D eigenvalue weighted by Gasteiger charge is -2.15. The van der Waals surface area contributed by atoms with Gasteiger partial charge in [-0.25, -0.2) is 14.4 Å². The van der Waals surface area contributed by atoms with Gasteiger partial charge in [0, 0.05) is 17.8 Å². The lowest BCUT2D eigenvalue weighted by molar-refractivity contribution is -0.137. The summed E-state index contributed by atoms with van der Waals surface area (Å²) in [5.74, 6) is -1.66. The molecule has 0 atom stereocenters. The number of nitrogens with one attached hydrogen (secondary N) is 1. The molecule has 38 heavy (non-hydrogen) atoms. The number of anilines is 1. The minimum Gasteiger partial charge on any atom is -0.435 e. The second-order valence-electron chi connectivity index (χ2n) is 7.96. The van der Waals surface area contributed by atoms with Crippen LogP contribution in [0.15, 0.2) is 71.1 Å². The minimum atomic E-state index is -4.76. The SMILES string of the molecule is Cc1cc(=O)n(-c2ccccc2C(F)(F)F)nc1C(=O)Nc1ccc(Oc2ncnc3sccc23)c(F)c1. The number of hydrogen-bond donors (Lipinski definition) is 1. The van der Waals surface area contributed by atoms with Crippen molar-refractivity contribution in [1.29, 1.82) is 0 Å². The Morgan fingerprint density at radius 2 is 1.87 bits per heavy atom. The van der Waals surface area contributed by atoms with E-state index in [2.05, 4.69) is 20.4 Å². The lowest BCUT2D eigenvalue weighted by atomic mass is 10.1.